The van der Waals surface area contributed by atoms with Gasteiger partial charge in [0.1, 0.15) is 0 Å². The molecule has 0 saturated heterocycles. The Labute approximate surface area is 95.8 Å². The van der Waals surface area contributed by atoms with Crippen LogP contribution in [0.4, 0.5) is 0 Å². The predicted octanol–water partition coefficient (Wildman–Crippen LogP) is -2.51. The molecule has 0 aliphatic rings. The van der Waals surface area contributed by atoms with Gasteiger partial charge in [-0.05, 0) is 0 Å². The monoisotopic (exact) mass is 203 g/mol. The van der Waals surface area contributed by atoms with Crippen LogP contribution in [0.2, 0.25) is 0 Å². The van der Waals surface area contributed by atoms with Gasteiger partial charge in [0.15, 0.2) is 6.16 Å². The van der Waals surface area contributed by atoms with Crippen molar-refractivity contribution in [3.63, 3.8) is 0 Å². The summed E-state index contributed by atoms with van der Waals surface area (Å²) < 4.78 is 20.3. The maximum absolute atomic E-state index is 10.4. The Hall–Kier alpha value is 0.980. The molecule has 66 valence electrons. The zero-order valence-electron chi connectivity index (χ0n) is 7.99. The Bertz CT molecular complexity index is 129. The van der Waals surface area contributed by atoms with E-state index in [0.717, 1.165) is 0 Å². The van der Waals surface area contributed by atoms with Crippen LogP contribution in [0.1, 0.15) is 13.3 Å². The SMILES string of the molecule is CCC(C[P+](=O)[O-])(OC)OC.[Na+]. The van der Waals surface area contributed by atoms with Crippen LogP contribution < -0.4 is 34.5 Å². The molecule has 1 atom stereocenters. The van der Waals surface area contributed by atoms with Crippen molar-refractivity contribution in [2.24, 2.45) is 0 Å². The van der Waals surface area contributed by atoms with Crippen LogP contribution in [-0.2, 0) is 14.0 Å². The normalized spacial score (nSPS) is 12.2. The summed E-state index contributed by atoms with van der Waals surface area (Å²) in [6, 6.07) is 0. The molecule has 0 saturated carbocycles. The average molecular weight is 203 g/mol. The zero-order chi connectivity index (χ0) is 8.91. The topological polar surface area (TPSA) is 58.6 Å². The largest absolute Gasteiger partial charge is 1.00 e. The van der Waals surface area contributed by atoms with Crippen molar-refractivity contribution in [1.29, 1.82) is 0 Å². The molecule has 0 spiro atoms. The van der Waals surface area contributed by atoms with Crippen LogP contribution in [0.15, 0.2) is 0 Å². The average Bonchev–Trinajstić information content (AvgIpc) is 2.00. The summed E-state index contributed by atoms with van der Waals surface area (Å²) in [5.41, 5.74) is 0. The van der Waals surface area contributed by atoms with Gasteiger partial charge in [-0.2, -0.15) is 0 Å². The Balaban J connectivity index is 0. The van der Waals surface area contributed by atoms with E-state index in [0.29, 0.717) is 6.42 Å². The molecule has 1 unspecified atom stereocenters. The van der Waals surface area contributed by atoms with Crippen molar-refractivity contribution < 1.29 is 48.5 Å². The van der Waals surface area contributed by atoms with Crippen molar-refractivity contribution in [2.75, 3.05) is 20.4 Å². The second-order valence-electron chi connectivity index (χ2n) is 2.16. The summed E-state index contributed by atoms with van der Waals surface area (Å²) in [5, 5.41) is 0. The summed E-state index contributed by atoms with van der Waals surface area (Å²) in [6.45, 7) is 1.81. The first-order valence-corrected chi connectivity index (χ1v) is 4.68. The van der Waals surface area contributed by atoms with Crippen LogP contribution in [-0.4, -0.2) is 26.2 Å². The van der Waals surface area contributed by atoms with Crippen LogP contribution in [0, 0.1) is 0 Å². The minimum Gasteiger partial charge on any atom is -0.595 e. The third kappa shape index (κ3) is 4.87. The summed E-state index contributed by atoms with van der Waals surface area (Å²) in [6.07, 6.45) is 0.426. The van der Waals surface area contributed by atoms with Gasteiger partial charge in [0.05, 0.1) is 0 Å². The van der Waals surface area contributed by atoms with E-state index in [-0.39, 0.29) is 35.7 Å². The summed E-state index contributed by atoms with van der Waals surface area (Å²) in [5.74, 6) is -0.949. The molecule has 0 aromatic rings. The Kier molecular flexibility index (Phi) is 9.52. The quantitative estimate of drug-likeness (QED) is 0.281. The van der Waals surface area contributed by atoms with Gasteiger partial charge in [0, 0.05) is 20.6 Å². The Morgan fingerprint density at radius 2 is 1.83 bits per heavy atom. The molecular formula is C6H13NaO4P+. The maximum Gasteiger partial charge on any atom is 1.00 e. The molecular weight excluding hydrogens is 190 g/mol. The van der Waals surface area contributed by atoms with E-state index in [1.165, 1.54) is 14.2 Å². The maximum atomic E-state index is 10.4. The molecule has 0 bridgehead atoms. The van der Waals surface area contributed by atoms with Gasteiger partial charge in [-0.25, -0.2) is 0 Å². The smallest absolute Gasteiger partial charge is 0.595 e. The summed E-state index contributed by atoms with van der Waals surface area (Å²) in [7, 11) is 0.417. The van der Waals surface area contributed by atoms with E-state index in [2.05, 4.69) is 0 Å². The van der Waals surface area contributed by atoms with Gasteiger partial charge in [0.2, 0.25) is 5.79 Å². The van der Waals surface area contributed by atoms with Crippen molar-refractivity contribution in [3.8, 4) is 0 Å². The molecule has 0 N–H and O–H groups in total. The molecule has 0 amide bonds. The third-order valence-corrected chi connectivity index (χ3v) is 2.39. The van der Waals surface area contributed by atoms with Gasteiger partial charge >= 0.3 is 37.6 Å². The van der Waals surface area contributed by atoms with E-state index in [1.807, 2.05) is 6.92 Å². The van der Waals surface area contributed by atoms with Crippen molar-refractivity contribution in [3.05, 3.63) is 0 Å². The molecule has 6 heteroatoms. The molecule has 0 fully saturated rings. The van der Waals surface area contributed by atoms with Crippen LogP contribution >= 0.6 is 8.03 Å². The second kappa shape index (κ2) is 7.39. The van der Waals surface area contributed by atoms with Gasteiger partial charge < -0.3 is 14.4 Å². The molecule has 0 heterocycles. The van der Waals surface area contributed by atoms with E-state index in [1.54, 1.807) is 0 Å². The Morgan fingerprint density at radius 3 is 1.92 bits per heavy atom. The summed E-state index contributed by atoms with van der Waals surface area (Å²) in [4.78, 5) is 10.4. The molecule has 0 aromatic heterocycles. The fourth-order valence-corrected chi connectivity index (χ4v) is 1.68. The predicted molar refractivity (Wildman–Crippen MR) is 39.5 cm³/mol. The number of hydrogen-bond donors (Lipinski definition) is 0. The second-order valence-corrected chi connectivity index (χ2v) is 3.15. The van der Waals surface area contributed by atoms with Gasteiger partial charge in [0.25, 0.3) is 0 Å². The first-order chi connectivity index (χ1) is 5.10. The third-order valence-electron chi connectivity index (χ3n) is 1.65. The summed E-state index contributed by atoms with van der Waals surface area (Å²) >= 11 is 0. The minimum atomic E-state index is -2.46. The van der Waals surface area contributed by atoms with Crippen molar-refractivity contribution in [1.82, 2.24) is 0 Å². The van der Waals surface area contributed by atoms with Crippen molar-refractivity contribution in [2.45, 2.75) is 19.1 Å². The van der Waals surface area contributed by atoms with E-state index in [4.69, 9.17) is 9.47 Å². The van der Waals surface area contributed by atoms with E-state index in [9.17, 15) is 9.46 Å². The molecule has 0 radical (unpaired) electrons. The van der Waals surface area contributed by atoms with Gasteiger partial charge in [-0.1, -0.05) is 11.5 Å². The molecule has 0 aliphatic heterocycles. The molecule has 0 rings (SSSR count). The number of hydrogen-bond acceptors (Lipinski definition) is 4. The van der Waals surface area contributed by atoms with Gasteiger partial charge in [-0.3, -0.25) is 0 Å². The standard InChI is InChI=1S/C6H13O4P.Na/c1-4-6(9-2,10-3)5-11(7)8;/h4-5H2,1-3H3;/q;+1. The van der Waals surface area contributed by atoms with Crippen LogP contribution in [0.25, 0.3) is 0 Å². The van der Waals surface area contributed by atoms with Crippen LogP contribution in [0.5, 0.6) is 0 Å². The molecule has 4 nitrogen and oxygen atoms in total. The first kappa shape index (κ1) is 15.5. The fraction of sp³-hybridized carbons (Fsp3) is 1.00. The zero-order valence-corrected chi connectivity index (χ0v) is 10.9. The molecule has 12 heavy (non-hydrogen) atoms. The minimum absolute atomic E-state index is 0. The molecule has 0 aliphatic carbocycles. The van der Waals surface area contributed by atoms with Crippen LogP contribution in [0.3, 0.4) is 0 Å². The number of methoxy groups -OCH3 is 2. The van der Waals surface area contributed by atoms with Crippen molar-refractivity contribution >= 4 is 8.03 Å². The fourth-order valence-electron chi connectivity index (χ4n) is 0.810. The first-order valence-electron chi connectivity index (χ1n) is 3.32. The Morgan fingerprint density at radius 1 is 1.42 bits per heavy atom. The number of rotatable bonds is 5. The van der Waals surface area contributed by atoms with E-state index < -0.39 is 13.8 Å². The van der Waals surface area contributed by atoms with E-state index >= 15 is 0 Å². The van der Waals surface area contributed by atoms with Gasteiger partial charge in [-0.15, -0.1) is 0 Å². The number of ether oxygens (including phenoxy) is 2. The molecule has 0 aromatic carbocycles.